The molecule has 24 heavy (non-hydrogen) atoms. The summed E-state index contributed by atoms with van der Waals surface area (Å²) >= 11 is 0. The molecular weight excluding hydrogens is 321 g/mol. The van der Waals surface area contributed by atoms with Gasteiger partial charge in [0, 0.05) is 26.2 Å². The van der Waals surface area contributed by atoms with Gasteiger partial charge in [0.1, 0.15) is 5.82 Å². The highest BCUT2D eigenvalue weighted by Gasteiger charge is 2.42. The molecule has 134 valence electrons. The van der Waals surface area contributed by atoms with Gasteiger partial charge in [-0.05, 0) is 38.8 Å². The number of carbonyl (C=O) groups is 1. The fourth-order valence-electron chi connectivity index (χ4n) is 2.83. The molecule has 0 aromatic carbocycles. The maximum absolute atomic E-state index is 12.8. The number of rotatable bonds is 4. The van der Waals surface area contributed by atoms with E-state index in [1.165, 1.54) is 11.1 Å². The number of hydrogen-bond donors (Lipinski definition) is 1. The number of halogens is 3. The average molecular weight is 344 g/mol. The Morgan fingerprint density at radius 3 is 2.62 bits per heavy atom. The summed E-state index contributed by atoms with van der Waals surface area (Å²) in [4.78, 5) is 19.7. The fraction of sp³-hybridized carbons (Fsp3) is 0.625. The van der Waals surface area contributed by atoms with Crippen molar-refractivity contribution in [2.75, 3.05) is 36.4 Å². The molecule has 1 aromatic rings. The van der Waals surface area contributed by atoms with Crippen LogP contribution in [0.15, 0.2) is 18.3 Å². The van der Waals surface area contributed by atoms with E-state index >= 15 is 0 Å². The number of alkyl halides is 3. The molecule has 8 heteroatoms. The van der Waals surface area contributed by atoms with Crippen LogP contribution < -0.4 is 10.2 Å². The minimum atomic E-state index is -4.26. The lowest BCUT2D eigenvalue weighted by atomic mass is 9.98. The molecule has 0 bridgehead atoms. The molecule has 1 saturated heterocycles. The zero-order valence-electron chi connectivity index (χ0n) is 13.9. The SMILES string of the molecule is CCN(CC)c1ccc(NC(=O)N2CCC[C@H](C(F)(F)F)C2)cn1. The first-order chi connectivity index (χ1) is 11.3. The van der Waals surface area contributed by atoms with Crippen LogP contribution in [-0.2, 0) is 0 Å². The van der Waals surface area contributed by atoms with Gasteiger partial charge in [-0.3, -0.25) is 0 Å². The van der Waals surface area contributed by atoms with Crippen LogP contribution in [0.5, 0.6) is 0 Å². The van der Waals surface area contributed by atoms with Crippen LogP contribution in [0.1, 0.15) is 26.7 Å². The van der Waals surface area contributed by atoms with E-state index in [2.05, 4.69) is 15.2 Å². The Labute approximate surface area is 139 Å². The van der Waals surface area contributed by atoms with Gasteiger partial charge in [-0.1, -0.05) is 0 Å². The van der Waals surface area contributed by atoms with Gasteiger partial charge >= 0.3 is 12.2 Å². The number of hydrogen-bond acceptors (Lipinski definition) is 3. The second-order valence-electron chi connectivity index (χ2n) is 5.83. The molecule has 0 aliphatic carbocycles. The van der Waals surface area contributed by atoms with Crippen molar-refractivity contribution in [3.8, 4) is 0 Å². The van der Waals surface area contributed by atoms with E-state index in [0.29, 0.717) is 18.7 Å². The number of aromatic nitrogens is 1. The predicted molar refractivity (Wildman–Crippen MR) is 87.2 cm³/mol. The van der Waals surface area contributed by atoms with Crippen molar-refractivity contribution in [1.29, 1.82) is 0 Å². The Morgan fingerprint density at radius 1 is 1.38 bits per heavy atom. The van der Waals surface area contributed by atoms with Crippen LogP contribution >= 0.6 is 0 Å². The number of anilines is 2. The van der Waals surface area contributed by atoms with Crippen molar-refractivity contribution in [2.24, 2.45) is 5.92 Å². The third-order valence-corrected chi connectivity index (χ3v) is 4.26. The number of carbonyl (C=O) groups excluding carboxylic acids is 1. The predicted octanol–water partition coefficient (Wildman–Crippen LogP) is 3.73. The normalized spacial score (nSPS) is 18.4. The second-order valence-corrected chi connectivity index (χ2v) is 5.83. The van der Waals surface area contributed by atoms with Gasteiger partial charge in [-0.25, -0.2) is 9.78 Å². The van der Waals surface area contributed by atoms with E-state index in [4.69, 9.17) is 0 Å². The Kier molecular flexibility index (Phi) is 5.90. The molecule has 0 spiro atoms. The van der Waals surface area contributed by atoms with E-state index in [1.54, 1.807) is 12.1 Å². The molecule has 2 amide bonds. The van der Waals surface area contributed by atoms with Crippen LogP contribution in [-0.4, -0.2) is 48.3 Å². The first-order valence-electron chi connectivity index (χ1n) is 8.18. The number of nitrogens with zero attached hydrogens (tertiary/aromatic N) is 3. The molecular formula is C16H23F3N4O. The van der Waals surface area contributed by atoms with Crippen molar-refractivity contribution in [3.63, 3.8) is 0 Å². The van der Waals surface area contributed by atoms with Gasteiger partial charge in [0.05, 0.1) is 17.8 Å². The topological polar surface area (TPSA) is 48.5 Å². The highest BCUT2D eigenvalue weighted by atomic mass is 19.4. The highest BCUT2D eigenvalue weighted by molar-refractivity contribution is 5.89. The molecule has 1 aliphatic rings. The van der Waals surface area contributed by atoms with Crippen LogP contribution in [0.4, 0.5) is 29.5 Å². The smallest absolute Gasteiger partial charge is 0.357 e. The van der Waals surface area contributed by atoms with Crippen LogP contribution in [0.3, 0.4) is 0 Å². The van der Waals surface area contributed by atoms with Gasteiger partial charge in [0.25, 0.3) is 0 Å². The fourth-order valence-corrected chi connectivity index (χ4v) is 2.83. The lowest BCUT2D eigenvalue weighted by molar-refractivity contribution is -0.183. The molecule has 2 heterocycles. The lowest BCUT2D eigenvalue weighted by Gasteiger charge is -2.33. The largest absolute Gasteiger partial charge is 0.393 e. The number of nitrogens with one attached hydrogen (secondary N) is 1. The minimum Gasteiger partial charge on any atom is -0.357 e. The molecule has 0 saturated carbocycles. The first kappa shape index (κ1) is 18.4. The summed E-state index contributed by atoms with van der Waals surface area (Å²) in [6.07, 6.45) is -2.30. The van der Waals surface area contributed by atoms with Crippen molar-refractivity contribution >= 4 is 17.5 Å². The highest BCUT2D eigenvalue weighted by Crippen LogP contribution is 2.33. The van der Waals surface area contributed by atoms with E-state index in [-0.39, 0.29) is 13.0 Å². The first-order valence-corrected chi connectivity index (χ1v) is 8.18. The van der Waals surface area contributed by atoms with Crippen molar-refractivity contribution in [1.82, 2.24) is 9.88 Å². The van der Waals surface area contributed by atoms with E-state index in [1.807, 2.05) is 13.8 Å². The average Bonchev–Trinajstić information content (AvgIpc) is 2.57. The molecule has 5 nitrogen and oxygen atoms in total. The number of urea groups is 1. The summed E-state index contributed by atoms with van der Waals surface area (Å²) in [5.74, 6) is -0.645. The molecule has 0 radical (unpaired) electrons. The summed E-state index contributed by atoms with van der Waals surface area (Å²) < 4.78 is 38.5. The zero-order valence-corrected chi connectivity index (χ0v) is 13.9. The summed E-state index contributed by atoms with van der Waals surface area (Å²) in [5, 5.41) is 2.62. The van der Waals surface area contributed by atoms with Gasteiger partial charge < -0.3 is 15.1 Å². The Balaban J connectivity index is 1.96. The zero-order chi connectivity index (χ0) is 17.7. The second kappa shape index (κ2) is 7.72. The van der Waals surface area contributed by atoms with Crippen LogP contribution in [0.2, 0.25) is 0 Å². The van der Waals surface area contributed by atoms with E-state index in [0.717, 1.165) is 18.9 Å². The van der Waals surface area contributed by atoms with Crippen molar-refractivity contribution in [3.05, 3.63) is 18.3 Å². The number of piperidine rings is 1. The number of likely N-dealkylation sites (tertiary alicyclic amines) is 1. The van der Waals surface area contributed by atoms with Gasteiger partial charge in [0.15, 0.2) is 0 Å². The van der Waals surface area contributed by atoms with Gasteiger partial charge in [0.2, 0.25) is 0 Å². The molecule has 1 N–H and O–H groups in total. The van der Waals surface area contributed by atoms with Crippen LogP contribution in [0, 0.1) is 5.92 Å². The monoisotopic (exact) mass is 344 g/mol. The summed E-state index contributed by atoms with van der Waals surface area (Å²) in [7, 11) is 0. The molecule has 1 atom stereocenters. The Hall–Kier alpha value is -1.99. The maximum atomic E-state index is 12.8. The summed E-state index contributed by atoms with van der Waals surface area (Å²) in [5.41, 5.74) is 0.477. The standard InChI is InChI=1S/C16H23F3N4O/c1-3-22(4-2)14-8-7-13(10-20-14)21-15(24)23-9-5-6-12(11-23)16(17,18)19/h7-8,10,12H,3-6,9,11H2,1-2H3,(H,21,24)/t12-/m0/s1. The quantitative estimate of drug-likeness (QED) is 0.905. The Bertz CT molecular complexity index is 543. The molecule has 1 aliphatic heterocycles. The number of pyridine rings is 1. The summed E-state index contributed by atoms with van der Waals surface area (Å²) in [6, 6.07) is 2.99. The van der Waals surface area contributed by atoms with Crippen molar-refractivity contribution < 1.29 is 18.0 Å². The van der Waals surface area contributed by atoms with Crippen LogP contribution in [0.25, 0.3) is 0 Å². The number of amides is 2. The van der Waals surface area contributed by atoms with Gasteiger partial charge in [-0.2, -0.15) is 13.2 Å². The third-order valence-electron chi connectivity index (χ3n) is 4.26. The van der Waals surface area contributed by atoms with E-state index in [9.17, 15) is 18.0 Å². The molecule has 0 unspecified atom stereocenters. The summed E-state index contributed by atoms with van der Waals surface area (Å²) in [6.45, 7) is 5.73. The third kappa shape index (κ3) is 4.52. The van der Waals surface area contributed by atoms with Gasteiger partial charge in [-0.15, -0.1) is 0 Å². The molecule has 1 aromatic heterocycles. The van der Waals surface area contributed by atoms with E-state index < -0.39 is 18.1 Å². The molecule has 1 fully saturated rings. The maximum Gasteiger partial charge on any atom is 0.393 e. The molecule has 2 rings (SSSR count). The lowest BCUT2D eigenvalue weighted by Crippen LogP contribution is -2.46. The minimum absolute atomic E-state index is 0.0768. The van der Waals surface area contributed by atoms with Crippen molar-refractivity contribution in [2.45, 2.75) is 32.9 Å². The Morgan fingerprint density at radius 2 is 2.08 bits per heavy atom.